The van der Waals surface area contributed by atoms with Crippen LogP contribution < -0.4 is 5.32 Å². The van der Waals surface area contributed by atoms with E-state index in [0.29, 0.717) is 17.7 Å². The van der Waals surface area contributed by atoms with E-state index in [-0.39, 0.29) is 42.3 Å². The number of hydrogen-bond acceptors (Lipinski definition) is 16. The lowest BCUT2D eigenvalue weighted by Crippen LogP contribution is -2.82. The van der Waals surface area contributed by atoms with Crippen LogP contribution in [0.5, 0.6) is 0 Å². The molecule has 62 heavy (non-hydrogen) atoms. The first-order chi connectivity index (χ1) is 29.3. The first-order valence-corrected chi connectivity index (χ1v) is 22.0. The molecular formula is C45H55NO15S. The van der Waals surface area contributed by atoms with Crippen LogP contribution in [0.4, 0.5) is 4.79 Å². The molecule has 16 nitrogen and oxygen atoms in total. The average molecular weight is 882 g/mol. The summed E-state index contributed by atoms with van der Waals surface area (Å²) in [6.07, 6.45) is -8.59. The molecule has 2 aromatic rings. The van der Waals surface area contributed by atoms with Crippen LogP contribution in [0.15, 0.2) is 59.0 Å². The zero-order chi connectivity index (χ0) is 44.9. The Morgan fingerprint density at radius 2 is 1.68 bits per heavy atom. The first-order valence-electron chi connectivity index (χ1n) is 21.1. The van der Waals surface area contributed by atoms with Gasteiger partial charge in [0.25, 0.3) is 0 Å². The molecule has 1 aromatic carbocycles. The lowest BCUT2D eigenvalue weighted by Gasteiger charge is -2.67. The Bertz CT molecular complexity index is 2100. The summed E-state index contributed by atoms with van der Waals surface area (Å²) in [6.45, 7) is 8.47. The smallest absolute Gasteiger partial charge is 0.408 e. The molecule has 2 bridgehead atoms. The fraction of sp³-hybridized carbons (Fsp3) is 0.600. The van der Waals surface area contributed by atoms with Crippen LogP contribution in [-0.4, -0.2) is 112 Å². The van der Waals surface area contributed by atoms with Gasteiger partial charge in [0.15, 0.2) is 23.6 Å². The van der Waals surface area contributed by atoms with Crippen LogP contribution in [0.25, 0.3) is 0 Å². The van der Waals surface area contributed by atoms with Crippen molar-refractivity contribution < 1.29 is 72.5 Å². The van der Waals surface area contributed by atoms with Gasteiger partial charge >= 0.3 is 30.0 Å². The third kappa shape index (κ3) is 7.62. The van der Waals surface area contributed by atoms with E-state index in [1.165, 1.54) is 44.2 Å². The maximum atomic E-state index is 15.6. The number of hydrogen-bond donors (Lipinski definition) is 4. The monoisotopic (exact) mass is 881 g/mol. The fourth-order valence-electron chi connectivity index (χ4n) is 10.5. The highest BCUT2D eigenvalue weighted by atomic mass is 32.1. The Labute approximate surface area is 363 Å². The van der Waals surface area contributed by atoms with Crippen LogP contribution in [-0.2, 0) is 47.6 Å². The van der Waals surface area contributed by atoms with Crippen molar-refractivity contribution in [3.8, 4) is 0 Å². The van der Waals surface area contributed by atoms with Gasteiger partial charge in [0.2, 0.25) is 0 Å². The standard InChI is InChI=1S/C45H55NO15S/c1-7-31(49)59-35-32-23(2)27(58-40(53)34(50)33(28-18-13-19-62-28)46-41(54)57-26-16-11-12-17-26)21-45(55,42(32,4)5)38(60-39(52)25-14-9-8-10-15-25)36-43(6,37(35)51)29(48)20-30-44(36,22-56-30)61-24(3)47/h8-10,13-15,18-19,26-27,29-30,33-36,38,48,50,55H,7,11-12,16-17,20-22H2,1-6H3,(H,46,54)/t27-,29?,30+,33-,34+,35?,36?,38-,43+,44-,45+/m0/s1. The molecule has 17 heteroatoms. The second-order valence-corrected chi connectivity index (χ2v) is 18.8. The molecule has 0 spiro atoms. The first kappa shape index (κ1) is 45.3. The number of ether oxygens (including phenoxy) is 6. The van der Waals surface area contributed by atoms with Gasteiger partial charge in [-0.15, -0.1) is 11.3 Å². The number of carbonyl (C=O) groups excluding carboxylic acids is 6. The zero-order valence-corrected chi connectivity index (χ0v) is 36.4. The van der Waals surface area contributed by atoms with Gasteiger partial charge in [-0.25, -0.2) is 14.4 Å². The minimum Gasteiger partial charge on any atom is -0.456 e. The van der Waals surface area contributed by atoms with Crippen molar-refractivity contribution in [1.29, 1.82) is 0 Å². The molecule has 4 aliphatic carbocycles. The third-order valence-corrected chi connectivity index (χ3v) is 14.9. The van der Waals surface area contributed by atoms with E-state index >= 15 is 4.79 Å². The highest BCUT2D eigenvalue weighted by Gasteiger charge is 2.78. The Kier molecular flexibility index (Phi) is 12.5. The molecule has 11 atom stereocenters. The number of carbonyl (C=O) groups is 6. The lowest BCUT2D eigenvalue weighted by atomic mass is 9.44. The van der Waals surface area contributed by atoms with Gasteiger partial charge in [-0.2, -0.15) is 0 Å². The number of rotatable bonds is 11. The van der Waals surface area contributed by atoms with Crippen molar-refractivity contribution in [2.75, 3.05) is 6.61 Å². The molecule has 1 aliphatic heterocycles. The van der Waals surface area contributed by atoms with Crippen molar-refractivity contribution in [2.45, 2.75) is 146 Å². The van der Waals surface area contributed by atoms with Crippen LogP contribution in [0.1, 0.15) is 108 Å². The topological polar surface area (TPSA) is 231 Å². The van der Waals surface area contributed by atoms with E-state index in [1.54, 1.807) is 49.6 Å². The molecule has 3 saturated carbocycles. The lowest BCUT2D eigenvalue weighted by molar-refractivity contribution is -0.346. The molecule has 1 amide bonds. The number of amides is 1. The summed E-state index contributed by atoms with van der Waals surface area (Å²) in [4.78, 5) is 84.0. The summed E-state index contributed by atoms with van der Waals surface area (Å²) < 4.78 is 36.0. The minimum atomic E-state index is -2.38. The summed E-state index contributed by atoms with van der Waals surface area (Å²) in [5.41, 5.74) is -7.58. The van der Waals surface area contributed by atoms with Crippen molar-refractivity contribution in [2.24, 2.45) is 16.7 Å². The number of benzene rings is 1. The van der Waals surface area contributed by atoms with E-state index in [2.05, 4.69) is 5.32 Å². The quantitative estimate of drug-likeness (QED) is 0.139. The number of thiophene rings is 1. The van der Waals surface area contributed by atoms with E-state index < -0.39 is 113 Å². The summed E-state index contributed by atoms with van der Waals surface area (Å²) in [5, 5.41) is 41.8. The zero-order valence-electron chi connectivity index (χ0n) is 35.6. The molecule has 336 valence electrons. The van der Waals surface area contributed by atoms with Crippen LogP contribution >= 0.6 is 11.3 Å². The normalized spacial score (nSPS) is 33.5. The van der Waals surface area contributed by atoms with Crippen LogP contribution in [0.3, 0.4) is 0 Å². The number of Topliss-reactive ketones (excluding diaryl/α,β-unsaturated/α-hetero) is 1. The maximum Gasteiger partial charge on any atom is 0.408 e. The van der Waals surface area contributed by atoms with Gasteiger partial charge < -0.3 is 49.1 Å². The highest BCUT2D eigenvalue weighted by molar-refractivity contribution is 7.10. The van der Waals surface area contributed by atoms with Crippen molar-refractivity contribution in [3.05, 3.63) is 69.4 Å². The molecule has 4 fully saturated rings. The largest absolute Gasteiger partial charge is 0.456 e. The second-order valence-electron chi connectivity index (χ2n) is 17.8. The van der Waals surface area contributed by atoms with Gasteiger partial charge in [-0.3, -0.25) is 14.4 Å². The molecule has 1 aromatic heterocycles. The molecule has 0 radical (unpaired) electrons. The minimum absolute atomic E-state index is 0.0135. The molecule has 7 rings (SSSR count). The van der Waals surface area contributed by atoms with Crippen molar-refractivity contribution >= 4 is 47.1 Å². The second kappa shape index (κ2) is 17.1. The molecule has 3 unspecified atom stereocenters. The summed E-state index contributed by atoms with van der Waals surface area (Å²) in [6, 6.07) is 9.85. The highest BCUT2D eigenvalue weighted by Crippen LogP contribution is 2.64. The summed E-state index contributed by atoms with van der Waals surface area (Å²) in [7, 11) is 0. The van der Waals surface area contributed by atoms with Crippen molar-refractivity contribution in [1.82, 2.24) is 5.32 Å². The summed E-state index contributed by atoms with van der Waals surface area (Å²) in [5.74, 6) is -6.11. The fourth-order valence-corrected chi connectivity index (χ4v) is 11.3. The SMILES string of the molecule is CCC(=O)OC1C(=O)[C@]2(C)C(O)C[C@H]3OC[C@@]3(OC(C)=O)C2[C@H](OC(=O)c2ccccc2)[C@]2(O)C[C@H](OC(=O)[C@H](O)[C@@H](NC(=O)OC3CCCC3)c3cccs3)C(C)=C1C2(C)C. The average Bonchev–Trinajstić information content (AvgIpc) is 3.96. The van der Waals surface area contributed by atoms with E-state index in [0.717, 1.165) is 19.8 Å². The predicted molar refractivity (Wildman–Crippen MR) is 218 cm³/mol. The third-order valence-electron chi connectivity index (χ3n) is 14.0. The van der Waals surface area contributed by atoms with Crippen LogP contribution in [0.2, 0.25) is 0 Å². The number of aliphatic hydroxyl groups is 3. The number of ketones is 1. The number of nitrogens with one attached hydrogen (secondary N) is 1. The molecule has 5 aliphatic rings. The maximum absolute atomic E-state index is 15.6. The van der Waals surface area contributed by atoms with Crippen LogP contribution in [0, 0.1) is 16.7 Å². The van der Waals surface area contributed by atoms with E-state index in [4.69, 9.17) is 28.4 Å². The van der Waals surface area contributed by atoms with Gasteiger partial charge in [0.1, 0.15) is 36.1 Å². The van der Waals surface area contributed by atoms with Gasteiger partial charge in [0.05, 0.1) is 29.6 Å². The Morgan fingerprint density at radius 1 is 0.984 bits per heavy atom. The van der Waals surface area contributed by atoms with Gasteiger partial charge in [-0.1, -0.05) is 45.0 Å². The van der Waals surface area contributed by atoms with Gasteiger partial charge in [0, 0.05) is 36.5 Å². The Hall–Kier alpha value is -4.68. The number of fused-ring (bicyclic) bond motifs is 5. The molecule has 2 heterocycles. The van der Waals surface area contributed by atoms with Gasteiger partial charge in [-0.05, 0) is 74.3 Å². The summed E-state index contributed by atoms with van der Waals surface area (Å²) >= 11 is 1.17. The molecule has 4 N–H and O–H groups in total. The Balaban J connectivity index is 1.37. The number of aliphatic hydroxyl groups excluding tert-OH is 2. The Morgan fingerprint density at radius 3 is 2.27 bits per heavy atom. The van der Waals surface area contributed by atoms with E-state index in [9.17, 15) is 39.3 Å². The molecular weight excluding hydrogens is 827 g/mol. The molecule has 1 saturated heterocycles. The number of alkyl carbamates (subject to hydrolysis) is 1. The van der Waals surface area contributed by atoms with E-state index in [1.807, 2.05) is 0 Å². The number of esters is 4. The van der Waals surface area contributed by atoms with Crippen molar-refractivity contribution in [3.63, 3.8) is 0 Å². The predicted octanol–water partition coefficient (Wildman–Crippen LogP) is 4.43.